The lowest BCUT2D eigenvalue weighted by atomic mass is 10.2. The molecule has 1 fully saturated rings. The van der Waals surface area contributed by atoms with Gasteiger partial charge >= 0.3 is 5.00 Å². The fourth-order valence-corrected chi connectivity index (χ4v) is 4.96. The van der Waals surface area contributed by atoms with Crippen LogP contribution in [0.25, 0.3) is 16.7 Å². The highest BCUT2D eigenvalue weighted by Crippen LogP contribution is 2.31. The fourth-order valence-electron chi connectivity index (χ4n) is 4.24. The zero-order valence-electron chi connectivity index (χ0n) is 20.0. The lowest BCUT2D eigenvalue weighted by Gasteiger charge is -2.25. The number of carbonyl (C=O) groups is 1. The van der Waals surface area contributed by atoms with Crippen molar-refractivity contribution in [2.45, 2.75) is 32.2 Å². The molecule has 0 unspecified atom stereocenters. The number of anilines is 2. The molecule has 0 radical (unpaired) electrons. The predicted octanol–water partition coefficient (Wildman–Crippen LogP) is 4.57. The third kappa shape index (κ3) is 5.13. The molecule has 1 N–H and O–H groups in total. The topological polar surface area (TPSA) is 128 Å². The number of nitrogens with zero attached hydrogens (tertiary/aromatic N) is 6. The van der Waals surface area contributed by atoms with Gasteiger partial charge in [0.15, 0.2) is 5.65 Å². The minimum absolute atomic E-state index is 0.0784. The van der Waals surface area contributed by atoms with E-state index in [2.05, 4.69) is 27.2 Å². The Morgan fingerprint density at radius 2 is 2.08 bits per heavy atom. The van der Waals surface area contributed by atoms with E-state index in [0.717, 1.165) is 37.1 Å². The van der Waals surface area contributed by atoms with Crippen LogP contribution < -0.4 is 10.2 Å². The Balaban J connectivity index is 1.55. The summed E-state index contributed by atoms with van der Waals surface area (Å²) in [6.45, 7) is 3.97. The number of fused-ring (bicyclic) bond motifs is 1. The number of nitrogens with one attached hydrogen (secondary N) is 1. The van der Waals surface area contributed by atoms with Crippen LogP contribution in [0.15, 0.2) is 42.6 Å². The van der Waals surface area contributed by atoms with Crippen LogP contribution in [-0.4, -0.2) is 56.4 Å². The molecule has 1 aliphatic heterocycles. The highest BCUT2D eigenvalue weighted by atomic mass is 32.1. The number of halogens is 1. The van der Waals surface area contributed by atoms with Gasteiger partial charge in [0.2, 0.25) is 5.95 Å². The van der Waals surface area contributed by atoms with Gasteiger partial charge < -0.3 is 15.0 Å². The molecule has 4 heterocycles. The van der Waals surface area contributed by atoms with Gasteiger partial charge in [-0.05, 0) is 49.6 Å². The Morgan fingerprint density at radius 1 is 1.27 bits per heavy atom. The summed E-state index contributed by atoms with van der Waals surface area (Å²) in [7, 11) is 0. The number of thiophene rings is 1. The maximum Gasteiger partial charge on any atom is 0.324 e. The second-order valence-electron chi connectivity index (χ2n) is 8.56. The zero-order valence-corrected chi connectivity index (χ0v) is 20.8. The minimum Gasteiger partial charge on any atom is -0.379 e. The molecule has 192 valence electrons. The molecule has 11 nitrogen and oxygen atoms in total. The molecule has 1 atom stereocenters. The second kappa shape index (κ2) is 10.6. The molecule has 13 heteroatoms. The number of hydrogen-bond donors (Lipinski definition) is 1. The number of benzene rings is 1. The third-order valence-corrected chi connectivity index (χ3v) is 7.04. The van der Waals surface area contributed by atoms with Crippen LogP contribution >= 0.6 is 11.3 Å². The second-order valence-corrected chi connectivity index (χ2v) is 9.62. The highest BCUT2D eigenvalue weighted by Gasteiger charge is 2.29. The van der Waals surface area contributed by atoms with E-state index in [1.165, 1.54) is 30.5 Å². The molecule has 37 heavy (non-hydrogen) atoms. The van der Waals surface area contributed by atoms with Crippen molar-refractivity contribution in [3.05, 3.63) is 63.4 Å². The van der Waals surface area contributed by atoms with Crippen LogP contribution in [0, 0.1) is 15.9 Å². The molecule has 1 aromatic carbocycles. The quantitative estimate of drug-likeness (QED) is 0.191. The van der Waals surface area contributed by atoms with Crippen molar-refractivity contribution in [3.63, 3.8) is 0 Å². The van der Waals surface area contributed by atoms with Crippen molar-refractivity contribution in [1.29, 1.82) is 0 Å². The van der Waals surface area contributed by atoms with E-state index in [1.807, 2.05) is 0 Å². The largest absolute Gasteiger partial charge is 0.379 e. The molecule has 4 aromatic rings. The van der Waals surface area contributed by atoms with Gasteiger partial charge in [0, 0.05) is 19.2 Å². The number of rotatable bonds is 9. The van der Waals surface area contributed by atoms with Crippen LogP contribution in [0.5, 0.6) is 0 Å². The van der Waals surface area contributed by atoms with Crippen LogP contribution in [0.3, 0.4) is 0 Å². The molecule has 1 amide bonds. The Hall–Kier alpha value is -3.97. The van der Waals surface area contributed by atoms with E-state index in [1.54, 1.807) is 16.8 Å². The molecule has 1 saturated heterocycles. The Kier molecular flexibility index (Phi) is 7.06. The maximum absolute atomic E-state index is 13.5. The first kappa shape index (κ1) is 24.7. The normalized spacial score (nSPS) is 15.4. The van der Waals surface area contributed by atoms with E-state index in [4.69, 9.17) is 9.72 Å². The fraction of sp³-hybridized carbons (Fsp3) is 0.333. The molecule has 0 spiro atoms. The number of amides is 1. The van der Waals surface area contributed by atoms with Crippen LogP contribution in [0.1, 0.15) is 35.9 Å². The summed E-state index contributed by atoms with van der Waals surface area (Å²) in [5.74, 6) is -0.260. The van der Waals surface area contributed by atoms with Gasteiger partial charge in [0.05, 0.1) is 39.7 Å². The van der Waals surface area contributed by atoms with Crippen LogP contribution in [-0.2, 0) is 4.74 Å². The van der Waals surface area contributed by atoms with E-state index >= 15 is 0 Å². The Bertz CT molecular complexity index is 1440. The average molecular weight is 526 g/mol. The van der Waals surface area contributed by atoms with Crippen molar-refractivity contribution in [3.8, 4) is 5.69 Å². The predicted molar refractivity (Wildman–Crippen MR) is 137 cm³/mol. The van der Waals surface area contributed by atoms with Crippen molar-refractivity contribution in [2.75, 3.05) is 30.0 Å². The minimum atomic E-state index is -0.538. The van der Waals surface area contributed by atoms with Gasteiger partial charge in [0.1, 0.15) is 11.6 Å². The molecular formula is C24H24FN7O4S. The smallest absolute Gasteiger partial charge is 0.324 e. The van der Waals surface area contributed by atoms with E-state index in [0.29, 0.717) is 35.9 Å². The SMILES string of the molecule is CCCOC[C@@H]1CCCN1c1nc(NC(=O)c2ccc([N+](=O)[O-])s2)c2cnn(-c3ccc(F)cc3)c2n1. The first-order chi connectivity index (χ1) is 17.9. The summed E-state index contributed by atoms with van der Waals surface area (Å²) < 4.78 is 20.9. The Labute approximate surface area is 215 Å². The van der Waals surface area contributed by atoms with Crippen LogP contribution in [0.2, 0.25) is 0 Å². The first-order valence-electron chi connectivity index (χ1n) is 11.9. The summed E-state index contributed by atoms with van der Waals surface area (Å²) in [6.07, 6.45) is 4.31. The lowest BCUT2D eigenvalue weighted by Crippen LogP contribution is -2.34. The average Bonchev–Trinajstić information content (AvgIpc) is 3.64. The van der Waals surface area contributed by atoms with E-state index in [9.17, 15) is 19.3 Å². The van der Waals surface area contributed by atoms with Crippen molar-refractivity contribution < 1.29 is 18.8 Å². The van der Waals surface area contributed by atoms with Gasteiger partial charge in [-0.15, -0.1) is 0 Å². The van der Waals surface area contributed by atoms with E-state index in [-0.39, 0.29) is 27.6 Å². The Morgan fingerprint density at radius 3 is 2.81 bits per heavy atom. The summed E-state index contributed by atoms with van der Waals surface area (Å²) in [4.78, 5) is 35.2. The molecule has 0 aliphatic carbocycles. The summed E-state index contributed by atoms with van der Waals surface area (Å²) in [5, 5.41) is 18.6. The zero-order chi connectivity index (χ0) is 25.9. The number of hydrogen-bond acceptors (Lipinski definition) is 9. The van der Waals surface area contributed by atoms with E-state index < -0.39 is 10.8 Å². The number of aromatic nitrogens is 4. The number of ether oxygens (including phenoxy) is 1. The van der Waals surface area contributed by atoms with Crippen molar-refractivity contribution in [1.82, 2.24) is 19.7 Å². The highest BCUT2D eigenvalue weighted by molar-refractivity contribution is 7.17. The maximum atomic E-state index is 13.5. The van der Waals surface area contributed by atoms with Gasteiger partial charge in [-0.25, -0.2) is 9.07 Å². The van der Waals surface area contributed by atoms with Gasteiger partial charge in [-0.1, -0.05) is 18.3 Å². The molecule has 0 saturated carbocycles. The summed E-state index contributed by atoms with van der Waals surface area (Å²) in [6, 6.07) is 8.61. The molecule has 1 aliphatic rings. The lowest BCUT2D eigenvalue weighted by molar-refractivity contribution is -0.380. The van der Waals surface area contributed by atoms with Gasteiger partial charge in [-0.2, -0.15) is 15.1 Å². The molecule has 5 rings (SSSR count). The first-order valence-corrected chi connectivity index (χ1v) is 12.7. The number of carbonyl (C=O) groups excluding carboxylic acids is 1. The summed E-state index contributed by atoms with van der Waals surface area (Å²) in [5.41, 5.74) is 1.03. The monoisotopic (exact) mass is 525 g/mol. The molecular weight excluding hydrogens is 501 g/mol. The van der Waals surface area contributed by atoms with Crippen LogP contribution in [0.4, 0.5) is 21.2 Å². The van der Waals surface area contributed by atoms with Crippen molar-refractivity contribution in [2.24, 2.45) is 0 Å². The summed E-state index contributed by atoms with van der Waals surface area (Å²) >= 11 is 0.780. The van der Waals surface area contributed by atoms with Gasteiger partial charge in [0.25, 0.3) is 5.91 Å². The number of nitro groups is 1. The van der Waals surface area contributed by atoms with Crippen molar-refractivity contribution >= 4 is 45.0 Å². The van der Waals surface area contributed by atoms with Gasteiger partial charge in [-0.3, -0.25) is 14.9 Å². The standard InChI is InChI=1S/C24H24FN7O4S/c1-2-12-36-14-17-4-3-11-30(17)24-28-21(27-23(33)19-9-10-20(37-19)32(34)35)18-13-26-31(22(18)29-24)16-7-5-15(25)6-8-16/h5-10,13,17H,2-4,11-12,14H2,1H3,(H,27,28,29,33)/t17-/m0/s1. The molecule has 3 aromatic heterocycles. The molecule has 0 bridgehead atoms. The third-order valence-electron chi connectivity index (χ3n) is 6.01.